The zero-order valence-corrected chi connectivity index (χ0v) is 21.2. The van der Waals surface area contributed by atoms with Crippen LogP contribution in [0.25, 0.3) is 0 Å². The molecule has 0 aliphatic rings. The molecule has 0 spiro atoms. The van der Waals surface area contributed by atoms with Gasteiger partial charge in [0.25, 0.3) is 5.91 Å². The number of benzene rings is 2. The summed E-state index contributed by atoms with van der Waals surface area (Å²) in [5, 5.41) is 15.1. The Balaban J connectivity index is 2.19. The lowest BCUT2D eigenvalue weighted by Gasteiger charge is -2.34. The Morgan fingerprint density at radius 1 is 1.03 bits per heavy atom. The number of nitrogens with one attached hydrogen (secondary N) is 2. The van der Waals surface area contributed by atoms with Gasteiger partial charge in [0.1, 0.15) is 11.8 Å². The van der Waals surface area contributed by atoms with E-state index in [9.17, 15) is 14.7 Å². The van der Waals surface area contributed by atoms with Crippen molar-refractivity contribution in [1.82, 2.24) is 15.8 Å². The van der Waals surface area contributed by atoms with Crippen LogP contribution in [-0.2, 0) is 22.5 Å². The Morgan fingerprint density at radius 2 is 1.66 bits per heavy atom. The molecule has 0 bridgehead atoms. The van der Waals surface area contributed by atoms with Crippen molar-refractivity contribution in [3.8, 4) is 5.75 Å². The Labute approximate surface area is 207 Å². The Bertz CT molecular complexity index is 931. The van der Waals surface area contributed by atoms with Gasteiger partial charge in [-0.15, -0.1) is 0 Å². The van der Waals surface area contributed by atoms with E-state index in [0.717, 1.165) is 11.1 Å². The minimum Gasteiger partial charge on any atom is -0.497 e. The van der Waals surface area contributed by atoms with Gasteiger partial charge in [-0.3, -0.25) is 10.2 Å². The second kappa shape index (κ2) is 13.1. The number of amides is 2. The van der Waals surface area contributed by atoms with Crippen molar-refractivity contribution >= 4 is 12.0 Å². The molecule has 9 heteroatoms. The number of carbonyl (C=O) groups excluding carboxylic acids is 2. The maximum Gasteiger partial charge on any atom is 0.407 e. The number of hydrazine groups is 1. The van der Waals surface area contributed by atoms with E-state index in [1.165, 1.54) is 7.11 Å². The molecule has 192 valence electrons. The molecule has 2 rings (SSSR count). The van der Waals surface area contributed by atoms with Crippen LogP contribution >= 0.6 is 0 Å². The molecule has 0 fully saturated rings. The molecular formula is C26H38N4O5. The first-order valence-corrected chi connectivity index (χ1v) is 11.5. The van der Waals surface area contributed by atoms with Crippen molar-refractivity contribution < 1.29 is 24.2 Å². The predicted molar refractivity (Wildman–Crippen MR) is 134 cm³/mol. The number of methoxy groups -OCH3 is 2. The average molecular weight is 487 g/mol. The third-order valence-corrected chi connectivity index (χ3v) is 5.59. The number of hydrogen-bond donors (Lipinski definition) is 4. The molecule has 9 nitrogen and oxygen atoms in total. The number of aliphatic hydroxyl groups is 1. The summed E-state index contributed by atoms with van der Waals surface area (Å²) >= 11 is 0. The number of alkyl carbamates (subject to hydrolysis) is 1. The number of rotatable bonds is 11. The van der Waals surface area contributed by atoms with Gasteiger partial charge < -0.3 is 25.6 Å². The van der Waals surface area contributed by atoms with Crippen LogP contribution in [0.2, 0.25) is 0 Å². The largest absolute Gasteiger partial charge is 0.497 e. The number of nitrogens with zero attached hydrogens (tertiary/aromatic N) is 1. The van der Waals surface area contributed by atoms with Crippen LogP contribution in [0.5, 0.6) is 5.75 Å². The van der Waals surface area contributed by atoms with E-state index in [0.29, 0.717) is 18.7 Å². The first kappa shape index (κ1) is 28.1. The second-order valence-electron chi connectivity index (χ2n) is 9.56. The van der Waals surface area contributed by atoms with Crippen molar-refractivity contribution in [1.29, 1.82) is 0 Å². The van der Waals surface area contributed by atoms with Crippen molar-refractivity contribution in [3.63, 3.8) is 0 Å². The van der Waals surface area contributed by atoms with Crippen molar-refractivity contribution in [2.75, 3.05) is 20.8 Å². The van der Waals surface area contributed by atoms with E-state index in [2.05, 4.69) is 15.5 Å². The Morgan fingerprint density at radius 3 is 2.20 bits per heavy atom. The van der Waals surface area contributed by atoms with Gasteiger partial charge in [0, 0.05) is 19.1 Å². The molecule has 2 aromatic rings. The van der Waals surface area contributed by atoms with E-state index in [-0.39, 0.29) is 6.54 Å². The topological polar surface area (TPSA) is 126 Å². The maximum atomic E-state index is 13.2. The summed E-state index contributed by atoms with van der Waals surface area (Å²) in [6, 6.07) is 15.7. The fourth-order valence-electron chi connectivity index (χ4n) is 3.56. The fraction of sp³-hybridized carbons (Fsp3) is 0.462. The van der Waals surface area contributed by atoms with E-state index < -0.39 is 35.6 Å². The van der Waals surface area contributed by atoms with Gasteiger partial charge in [-0.05, 0) is 35.1 Å². The summed E-state index contributed by atoms with van der Waals surface area (Å²) in [5.41, 5.74) is 10.5. The summed E-state index contributed by atoms with van der Waals surface area (Å²) in [5.74, 6) is 0.282. The molecule has 2 unspecified atom stereocenters. The lowest BCUT2D eigenvalue weighted by molar-refractivity contribution is -0.131. The molecule has 0 saturated heterocycles. The van der Waals surface area contributed by atoms with Crippen molar-refractivity contribution in [2.45, 2.75) is 51.9 Å². The fourth-order valence-corrected chi connectivity index (χ4v) is 3.56. The van der Waals surface area contributed by atoms with Gasteiger partial charge in [0.2, 0.25) is 0 Å². The molecule has 0 heterocycles. The van der Waals surface area contributed by atoms with Gasteiger partial charge in [0.15, 0.2) is 0 Å². The first-order valence-electron chi connectivity index (χ1n) is 11.5. The monoisotopic (exact) mass is 486 g/mol. The Hall–Kier alpha value is -3.14. The highest BCUT2D eigenvalue weighted by atomic mass is 16.5. The SMILES string of the molecule is COC(=O)N[C@H](C(=O)NN(Cc1ccc(OC)cc1)CC(O)C(N)Cc1ccccc1)C(C)(C)C. The van der Waals surface area contributed by atoms with E-state index in [1.54, 1.807) is 12.1 Å². The number of hydrogen-bond acceptors (Lipinski definition) is 7. The van der Waals surface area contributed by atoms with Crippen molar-refractivity contribution in [3.05, 3.63) is 65.7 Å². The predicted octanol–water partition coefficient (Wildman–Crippen LogP) is 2.23. The smallest absolute Gasteiger partial charge is 0.407 e. The van der Waals surface area contributed by atoms with E-state index in [1.807, 2.05) is 75.4 Å². The number of ether oxygens (including phenoxy) is 2. The minimum absolute atomic E-state index is 0.0842. The van der Waals surface area contributed by atoms with Gasteiger partial charge in [-0.2, -0.15) is 0 Å². The van der Waals surface area contributed by atoms with E-state index in [4.69, 9.17) is 10.5 Å². The molecule has 2 aromatic carbocycles. The number of nitrogens with two attached hydrogens (primary N) is 1. The highest BCUT2D eigenvalue weighted by molar-refractivity contribution is 5.86. The lowest BCUT2D eigenvalue weighted by Crippen LogP contribution is -2.58. The van der Waals surface area contributed by atoms with Crippen LogP contribution in [0, 0.1) is 5.41 Å². The summed E-state index contributed by atoms with van der Waals surface area (Å²) in [7, 11) is 2.83. The molecule has 0 radical (unpaired) electrons. The summed E-state index contributed by atoms with van der Waals surface area (Å²) < 4.78 is 9.90. The standard InChI is InChI=1S/C26H38N4O5/c1-26(2,3)23(28-25(33)35-5)24(32)29-30(16-19-11-13-20(34-4)14-12-19)17-22(31)21(27)15-18-9-7-6-8-10-18/h6-14,21-23,31H,15-17,27H2,1-5H3,(H,28,33)(H,29,32)/t21?,22?,23-/m1/s1. The third kappa shape index (κ3) is 9.20. The van der Waals surface area contributed by atoms with Crippen LogP contribution in [0.15, 0.2) is 54.6 Å². The molecular weight excluding hydrogens is 448 g/mol. The molecule has 0 aliphatic carbocycles. The second-order valence-corrected chi connectivity index (χ2v) is 9.56. The zero-order chi connectivity index (χ0) is 26.0. The minimum atomic E-state index is -0.921. The number of carbonyl (C=O) groups is 2. The van der Waals surface area contributed by atoms with Crippen LogP contribution in [0.1, 0.15) is 31.9 Å². The molecule has 2 amide bonds. The number of aliphatic hydroxyl groups excluding tert-OH is 1. The molecule has 0 aliphatic heterocycles. The molecule has 5 N–H and O–H groups in total. The molecule has 35 heavy (non-hydrogen) atoms. The van der Waals surface area contributed by atoms with Crippen LogP contribution in [-0.4, -0.2) is 61.1 Å². The lowest BCUT2D eigenvalue weighted by atomic mass is 9.86. The van der Waals surface area contributed by atoms with Gasteiger partial charge in [-0.1, -0.05) is 63.2 Å². The highest BCUT2D eigenvalue weighted by Crippen LogP contribution is 2.20. The van der Waals surface area contributed by atoms with Crippen molar-refractivity contribution in [2.24, 2.45) is 11.1 Å². The maximum absolute atomic E-state index is 13.2. The van der Waals surface area contributed by atoms with Crippen LogP contribution in [0.3, 0.4) is 0 Å². The normalized spacial score (nSPS) is 14.1. The summed E-state index contributed by atoms with van der Waals surface area (Å²) in [4.78, 5) is 25.1. The van der Waals surface area contributed by atoms with Crippen LogP contribution in [0.4, 0.5) is 4.79 Å². The van der Waals surface area contributed by atoms with Gasteiger partial charge in [0.05, 0.1) is 20.3 Å². The van der Waals surface area contributed by atoms with E-state index >= 15 is 0 Å². The zero-order valence-electron chi connectivity index (χ0n) is 21.2. The molecule has 0 aromatic heterocycles. The first-order chi connectivity index (χ1) is 16.5. The Kier molecular flexibility index (Phi) is 10.5. The molecule has 3 atom stereocenters. The summed E-state index contributed by atoms with van der Waals surface area (Å²) in [6.45, 7) is 5.91. The summed E-state index contributed by atoms with van der Waals surface area (Å²) in [6.07, 6.45) is -1.14. The van der Waals surface area contributed by atoms with Gasteiger partial charge in [-0.25, -0.2) is 9.80 Å². The van der Waals surface area contributed by atoms with Crippen LogP contribution < -0.4 is 21.2 Å². The van der Waals surface area contributed by atoms with Gasteiger partial charge >= 0.3 is 6.09 Å². The molecule has 0 saturated carbocycles. The highest BCUT2D eigenvalue weighted by Gasteiger charge is 2.34. The quantitative estimate of drug-likeness (QED) is 0.359. The average Bonchev–Trinajstić information content (AvgIpc) is 2.82. The third-order valence-electron chi connectivity index (χ3n) is 5.59.